The second-order valence-electron chi connectivity index (χ2n) is 5.76. The number of alkyl halides is 6. The fourth-order valence-corrected chi connectivity index (χ4v) is 2.67. The summed E-state index contributed by atoms with van der Waals surface area (Å²) in [7, 11) is 0. The predicted molar refractivity (Wildman–Crippen MR) is 74.2 cm³/mol. The van der Waals surface area contributed by atoms with Crippen LogP contribution in [0.1, 0.15) is 40.7 Å². The molecule has 1 aliphatic rings. The van der Waals surface area contributed by atoms with Gasteiger partial charge >= 0.3 is 12.4 Å². The molecule has 1 aliphatic heterocycles. The second kappa shape index (κ2) is 6.62. The standard InChI is InChI=1S/C15H16F6N2O/c16-14(17,18)9-4-5-11(12(7-9)15(19,20)21)13(24)23-6-2-1-3-10(22)8-23/h4-5,7,10H,1-3,6,8,22H2. The molecule has 1 aromatic rings. The van der Waals surface area contributed by atoms with Crippen LogP contribution in [0.15, 0.2) is 18.2 Å². The summed E-state index contributed by atoms with van der Waals surface area (Å²) >= 11 is 0. The van der Waals surface area contributed by atoms with Crippen molar-refractivity contribution in [1.29, 1.82) is 0 Å². The predicted octanol–water partition coefficient (Wildman–Crippen LogP) is 3.68. The summed E-state index contributed by atoms with van der Waals surface area (Å²) in [5, 5.41) is 0. The molecule has 0 aliphatic carbocycles. The summed E-state index contributed by atoms with van der Waals surface area (Å²) in [5.74, 6) is -0.951. The van der Waals surface area contributed by atoms with Gasteiger partial charge in [0.25, 0.3) is 5.91 Å². The molecule has 1 saturated heterocycles. The maximum absolute atomic E-state index is 13.1. The van der Waals surface area contributed by atoms with Crippen molar-refractivity contribution in [3.63, 3.8) is 0 Å². The van der Waals surface area contributed by atoms with Gasteiger partial charge in [-0.25, -0.2) is 0 Å². The van der Waals surface area contributed by atoms with Crippen molar-refractivity contribution in [3.05, 3.63) is 34.9 Å². The molecule has 0 bridgehead atoms. The molecule has 1 heterocycles. The van der Waals surface area contributed by atoms with Crippen LogP contribution in [0.25, 0.3) is 0 Å². The Hall–Kier alpha value is -1.77. The highest BCUT2D eigenvalue weighted by molar-refractivity contribution is 5.96. The average molecular weight is 354 g/mol. The summed E-state index contributed by atoms with van der Waals surface area (Å²) in [6.07, 6.45) is -8.03. The number of nitrogens with zero attached hydrogens (tertiary/aromatic N) is 1. The van der Waals surface area contributed by atoms with E-state index in [4.69, 9.17) is 5.73 Å². The van der Waals surface area contributed by atoms with Crippen molar-refractivity contribution in [1.82, 2.24) is 4.90 Å². The molecule has 2 rings (SSSR count). The minimum absolute atomic E-state index is 0.0228. The van der Waals surface area contributed by atoms with Crippen molar-refractivity contribution in [2.75, 3.05) is 13.1 Å². The zero-order valence-electron chi connectivity index (χ0n) is 12.5. The molecule has 0 saturated carbocycles. The summed E-state index contributed by atoms with van der Waals surface area (Å²) in [4.78, 5) is 13.6. The molecule has 1 amide bonds. The molecular formula is C15H16F6N2O. The molecule has 24 heavy (non-hydrogen) atoms. The third kappa shape index (κ3) is 4.19. The number of hydrogen-bond donors (Lipinski definition) is 1. The maximum Gasteiger partial charge on any atom is 0.417 e. The number of amides is 1. The summed E-state index contributed by atoms with van der Waals surface area (Å²) in [6, 6.07) is 0.690. The van der Waals surface area contributed by atoms with Gasteiger partial charge in [0.2, 0.25) is 0 Å². The van der Waals surface area contributed by atoms with E-state index in [0.29, 0.717) is 25.0 Å². The zero-order valence-corrected chi connectivity index (χ0v) is 12.5. The molecular weight excluding hydrogens is 338 g/mol. The Morgan fingerprint density at radius 3 is 2.33 bits per heavy atom. The minimum Gasteiger partial charge on any atom is -0.337 e. The summed E-state index contributed by atoms with van der Waals surface area (Å²) in [6.45, 7) is 0.308. The van der Waals surface area contributed by atoms with Crippen LogP contribution < -0.4 is 5.73 Å². The number of hydrogen-bond acceptors (Lipinski definition) is 2. The Balaban J connectivity index is 2.43. The van der Waals surface area contributed by atoms with E-state index in [1.54, 1.807) is 0 Å². The van der Waals surface area contributed by atoms with Crippen LogP contribution in [0.2, 0.25) is 0 Å². The Labute approximate surface area is 134 Å². The van der Waals surface area contributed by atoms with Gasteiger partial charge in [-0.1, -0.05) is 6.42 Å². The zero-order chi connectivity index (χ0) is 18.1. The van der Waals surface area contributed by atoms with Gasteiger partial charge in [0, 0.05) is 19.1 Å². The van der Waals surface area contributed by atoms with Gasteiger partial charge in [-0.3, -0.25) is 4.79 Å². The molecule has 1 fully saturated rings. The van der Waals surface area contributed by atoms with Crippen molar-refractivity contribution in [2.24, 2.45) is 5.73 Å². The molecule has 0 spiro atoms. The maximum atomic E-state index is 13.1. The topological polar surface area (TPSA) is 46.3 Å². The lowest BCUT2D eigenvalue weighted by Gasteiger charge is -2.24. The van der Waals surface area contributed by atoms with Crippen molar-refractivity contribution in [2.45, 2.75) is 37.7 Å². The Kier molecular flexibility index (Phi) is 5.12. The molecule has 2 N–H and O–H groups in total. The monoisotopic (exact) mass is 354 g/mol. The van der Waals surface area contributed by atoms with Crippen LogP contribution in [-0.4, -0.2) is 29.9 Å². The van der Waals surface area contributed by atoms with Crippen LogP contribution in [0, 0.1) is 0 Å². The van der Waals surface area contributed by atoms with E-state index in [0.717, 1.165) is 6.42 Å². The molecule has 3 nitrogen and oxygen atoms in total. The lowest BCUT2D eigenvalue weighted by Crippen LogP contribution is -2.40. The Morgan fingerprint density at radius 2 is 1.75 bits per heavy atom. The van der Waals surface area contributed by atoms with E-state index in [1.165, 1.54) is 4.90 Å². The van der Waals surface area contributed by atoms with Crippen LogP contribution in [0.5, 0.6) is 0 Å². The average Bonchev–Trinajstić information content (AvgIpc) is 2.68. The Bertz CT molecular complexity index is 611. The molecule has 9 heteroatoms. The van der Waals surface area contributed by atoms with E-state index in [2.05, 4.69) is 0 Å². The van der Waals surface area contributed by atoms with Gasteiger partial charge in [0.1, 0.15) is 0 Å². The third-order valence-electron chi connectivity index (χ3n) is 3.88. The highest BCUT2D eigenvalue weighted by Gasteiger charge is 2.40. The van der Waals surface area contributed by atoms with Crippen molar-refractivity contribution in [3.8, 4) is 0 Å². The molecule has 0 radical (unpaired) electrons. The van der Waals surface area contributed by atoms with Gasteiger partial charge in [0.05, 0.1) is 16.7 Å². The van der Waals surface area contributed by atoms with Crippen LogP contribution in [0.3, 0.4) is 0 Å². The smallest absolute Gasteiger partial charge is 0.337 e. The summed E-state index contributed by atoms with van der Waals surface area (Å²) in [5.41, 5.74) is 1.97. The highest BCUT2D eigenvalue weighted by atomic mass is 19.4. The van der Waals surface area contributed by atoms with E-state index < -0.39 is 35.0 Å². The van der Waals surface area contributed by atoms with Crippen LogP contribution in [0.4, 0.5) is 26.3 Å². The van der Waals surface area contributed by atoms with E-state index in [9.17, 15) is 31.1 Å². The number of nitrogens with two attached hydrogens (primary N) is 1. The van der Waals surface area contributed by atoms with Gasteiger partial charge < -0.3 is 10.6 Å². The van der Waals surface area contributed by atoms with Crippen molar-refractivity contribution < 1.29 is 31.1 Å². The molecule has 1 unspecified atom stereocenters. The van der Waals surface area contributed by atoms with Gasteiger partial charge in [-0.15, -0.1) is 0 Å². The van der Waals surface area contributed by atoms with Crippen LogP contribution >= 0.6 is 0 Å². The van der Waals surface area contributed by atoms with Gasteiger partial charge in [0.15, 0.2) is 0 Å². The first-order valence-electron chi connectivity index (χ1n) is 7.33. The number of carbonyl (C=O) groups excluding carboxylic acids is 1. The molecule has 1 aromatic carbocycles. The highest BCUT2D eigenvalue weighted by Crippen LogP contribution is 2.37. The molecule has 0 aromatic heterocycles. The lowest BCUT2D eigenvalue weighted by molar-refractivity contribution is -0.143. The minimum atomic E-state index is -5.07. The number of carbonyl (C=O) groups is 1. The molecule has 134 valence electrons. The van der Waals surface area contributed by atoms with Gasteiger partial charge in [-0.2, -0.15) is 26.3 Å². The first kappa shape index (κ1) is 18.6. The molecule has 1 atom stereocenters. The lowest BCUT2D eigenvalue weighted by atomic mass is 10.0. The first-order chi connectivity index (χ1) is 11.0. The van der Waals surface area contributed by atoms with E-state index in [1.807, 2.05) is 0 Å². The van der Waals surface area contributed by atoms with E-state index >= 15 is 0 Å². The van der Waals surface area contributed by atoms with Crippen molar-refractivity contribution >= 4 is 5.91 Å². The second-order valence-corrected chi connectivity index (χ2v) is 5.76. The first-order valence-corrected chi connectivity index (χ1v) is 7.33. The SMILES string of the molecule is NC1CCCCN(C(=O)c2ccc(C(F)(F)F)cc2C(F)(F)F)C1. The fourth-order valence-electron chi connectivity index (χ4n) is 2.67. The normalized spacial score (nSPS) is 20.0. The largest absolute Gasteiger partial charge is 0.417 e. The number of rotatable bonds is 1. The van der Waals surface area contributed by atoms with Crippen LogP contribution in [-0.2, 0) is 12.4 Å². The van der Waals surface area contributed by atoms with E-state index in [-0.39, 0.29) is 25.2 Å². The Morgan fingerprint density at radius 1 is 1.08 bits per heavy atom. The quantitative estimate of drug-likeness (QED) is 0.782. The summed E-state index contributed by atoms with van der Waals surface area (Å²) < 4.78 is 77.4. The van der Waals surface area contributed by atoms with Gasteiger partial charge in [-0.05, 0) is 31.0 Å². The number of likely N-dealkylation sites (tertiary alicyclic amines) is 1. The third-order valence-corrected chi connectivity index (χ3v) is 3.88. The number of benzene rings is 1. The number of halogens is 6. The fraction of sp³-hybridized carbons (Fsp3) is 0.533.